The monoisotopic (exact) mass is 164 g/mol. The minimum atomic E-state index is -0.373. The van der Waals surface area contributed by atoms with Gasteiger partial charge in [0.15, 0.2) is 0 Å². The van der Waals surface area contributed by atoms with Gasteiger partial charge in [0.05, 0.1) is 12.7 Å². The Morgan fingerprint density at radius 2 is 2.50 bits per heavy atom. The van der Waals surface area contributed by atoms with Crippen LogP contribution in [-0.2, 0) is 4.74 Å². The fourth-order valence-corrected chi connectivity index (χ4v) is 1.45. The van der Waals surface area contributed by atoms with Gasteiger partial charge in [0.25, 0.3) is 0 Å². The first-order chi connectivity index (χ1) is 4.84. The van der Waals surface area contributed by atoms with Gasteiger partial charge < -0.3 is 9.84 Å². The summed E-state index contributed by atoms with van der Waals surface area (Å²) in [6.07, 6.45) is 1.73. The Hall–Kier alpha value is 0.210. The molecule has 10 heavy (non-hydrogen) atoms. The molecule has 0 bridgehead atoms. The zero-order valence-electron chi connectivity index (χ0n) is 5.92. The van der Waals surface area contributed by atoms with E-state index in [0.717, 1.165) is 19.4 Å². The van der Waals surface area contributed by atoms with Gasteiger partial charge >= 0.3 is 0 Å². The Labute approximate surface area is 66.1 Å². The molecule has 0 aliphatic carbocycles. The number of hydrogen-bond donors (Lipinski definition) is 1. The molecule has 3 heteroatoms. The van der Waals surface area contributed by atoms with Crippen molar-refractivity contribution in [3.63, 3.8) is 0 Å². The molecule has 0 aromatic rings. The summed E-state index contributed by atoms with van der Waals surface area (Å²) in [5, 5.41) is 9.27. The van der Waals surface area contributed by atoms with Crippen molar-refractivity contribution < 1.29 is 9.84 Å². The van der Waals surface area contributed by atoms with Crippen molar-refractivity contribution in [3.8, 4) is 0 Å². The van der Waals surface area contributed by atoms with Crippen LogP contribution in [0, 0.1) is 5.92 Å². The van der Waals surface area contributed by atoms with Gasteiger partial charge in [-0.05, 0) is 12.8 Å². The van der Waals surface area contributed by atoms with Crippen LogP contribution in [0.3, 0.4) is 0 Å². The molecule has 1 saturated heterocycles. The van der Waals surface area contributed by atoms with Crippen LogP contribution in [-0.4, -0.2) is 30.3 Å². The van der Waals surface area contributed by atoms with Crippen molar-refractivity contribution >= 4 is 11.6 Å². The highest BCUT2D eigenvalue weighted by Crippen LogP contribution is 2.17. The van der Waals surface area contributed by atoms with Gasteiger partial charge in [-0.2, -0.15) is 0 Å². The minimum Gasteiger partial charge on any atom is -0.392 e. The Morgan fingerprint density at radius 3 is 3.00 bits per heavy atom. The quantitative estimate of drug-likeness (QED) is 0.618. The summed E-state index contributed by atoms with van der Waals surface area (Å²) in [7, 11) is 0. The van der Waals surface area contributed by atoms with Gasteiger partial charge in [0.2, 0.25) is 0 Å². The molecule has 0 radical (unpaired) electrons. The summed E-state index contributed by atoms with van der Waals surface area (Å²) < 4.78 is 5.19. The number of ether oxygens (including phenoxy) is 1. The first kappa shape index (κ1) is 8.31. The molecule has 1 heterocycles. The molecule has 1 rings (SSSR count). The van der Waals surface area contributed by atoms with E-state index in [0.29, 0.717) is 12.5 Å². The van der Waals surface area contributed by atoms with Crippen molar-refractivity contribution in [2.45, 2.75) is 18.9 Å². The number of alkyl halides is 1. The zero-order chi connectivity index (χ0) is 7.40. The Bertz CT molecular complexity index is 91.6. The molecule has 0 spiro atoms. The van der Waals surface area contributed by atoms with Crippen molar-refractivity contribution in [2.24, 2.45) is 5.92 Å². The fourth-order valence-electron chi connectivity index (χ4n) is 1.20. The highest BCUT2D eigenvalue weighted by Gasteiger charge is 2.20. The molecular weight excluding hydrogens is 152 g/mol. The molecule has 1 N–H and O–H groups in total. The Kier molecular flexibility index (Phi) is 3.46. The third-order valence-electron chi connectivity index (χ3n) is 1.90. The number of halogens is 1. The maximum absolute atomic E-state index is 9.27. The molecular formula is C7H13ClO2. The van der Waals surface area contributed by atoms with Crippen molar-refractivity contribution in [1.29, 1.82) is 0 Å². The zero-order valence-corrected chi connectivity index (χ0v) is 6.68. The second-order valence-corrected chi connectivity index (χ2v) is 3.01. The predicted octanol–water partition coefficient (Wildman–Crippen LogP) is 1.01. The average molecular weight is 165 g/mol. The molecule has 2 nitrogen and oxygen atoms in total. The van der Waals surface area contributed by atoms with E-state index in [1.54, 1.807) is 0 Å². The molecule has 0 saturated carbocycles. The second-order valence-electron chi connectivity index (χ2n) is 2.70. The van der Waals surface area contributed by atoms with Crippen LogP contribution < -0.4 is 0 Å². The summed E-state index contributed by atoms with van der Waals surface area (Å²) in [6, 6.07) is 0. The maximum Gasteiger partial charge on any atom is 0.0725 e. The van der Waals surface area contributed by atoms with Crippen LogP contribution in [0.25, 0.3) is 0 Å². The molecule has 2 atom stereocenters. The lowest BCUT2D eigenvalue weighted by atomic mass is 9.97. The molecule has 0 aromatic heterocycles. The first-order valence-corrected chi connectivity index (χ1v) is 4.20. The maximum atomic E-state index is 9.27. The lowest BCUT2D eigenvalue weighted by molar-refractivity contribution is -0.000508. The first-order valence-electron chi connectivity index (χ1n) is 3.66. The number of aliphatic hydroxyl groups is 1. The van der Waals surface area contributed by atoms with Crippen molar-refractivity contribution in [3.05, 3.63) is 0 Å². The van der Waals surface area contributed by atoms with Crippen LogP contribution in [0.5, 0.6) is 0 Å². The fraction of sp³-hybridized carbons (Fsp3) is 1.00. The average Bonchev–Trinajstić information content (AvgIpc) is 2.05. The molecule has 1 aliphatic heterocycles. The van der Waals surface area contributed by atoms with E-state index in [-0.39, 0.29) is 12.0 Å². The van der Waals surface area contributed by atoms with Crippen molar-refractivity contribution in [1.82, 2.24) is 0 Å². The third-order valence-corrected chi connectivity index (χ3v) is 2.21. The molecule has 1 fully saturated rings. The molecule has 1 aliphatic rings. The highest BCUT2D eigenvalue weighted by molar-refractivity contribution is 6.18. The van der Waals surface area contributed by atoms with Crippen LogP contribution in [0.1, 0.15) is 12.8 Å². The van der Waals surface area contributed by atoms with Crippen LogP contribution in [0.15, 0.2) is 0 Å². The lowest BCUT2D eigenvalue weighted by Crippen LogP contribution is -2.30. The number of rotatable bonds is 2. The molecule has 0 aromatic carbocycles. The Morgan fingerprint density at radius 1 is 1.70 bits per heavy atom. The van der Waals surface area contributed by atoms with E-state index in [1.165, 1.54) is 0 Å². The van der Waals surface area contributed by atoms with E-state index in [2.05, 4.69) is 0 Å². The van der Waals surface area contributed by atoms with Gasteiger partial charge in [-0.25, -0.2) is 0 Å². The van der Waals surface area contributed by atoms with Crippen LogP contribution in [0.4, 0.5) is 0 Å². The van der Waals surface area contributed by atoms with Crippen molar-refractivity contribution in [2.75, 3.05) is 19.1 Å². The van der Waals surface area contributed by atoms with E-state index in [4.69, 9.17) is 16.3 Å². The van der Waals surface area contributed by atoms with Crippen LogP contribution in [0.2, 0.25) is 0 Å². The topological polar surface area (TPSA) is 29.5 Å². The number of hydrogen-bond acceptors (Lipinski definition) is 2. The summed E-state index contributed by atoms with van der Waals surface area (Å²) in [5.41, 5.74) is 0. The smallest absolute Gasteiger partial charge is 0.0725 e. The SMILES string of the molecule is OC(CCl)C1CCCOC1. The minimum absolute atomic E-state index is 0.270. The summed E-state index contributed by atoms with van der Waals surface area (Å²) in [5.74, 6) is 0.597. The molecule has 0 amide bonds. The van der Waals surface area contributed by atoms with Gasteiger partial charge in [-0.3, -0.25) is 0 Å². The summed E-state index contributed by atoms with van der Waals surface area (Å²) in [4.78, 5) is 0. The van der Waals surface area contributed by atoms with Gasteiger partial charge in [-0.15, -0.1) is 11.6 Å². The van der Waals surface area contributed by atoms with Gasteiger partial charge in [-0.1, -0.05) is 0 Å². The molecule has 60 valence electrons. The van der Waals surface area contributed by atoms with Gasteiger partial charge in [0.1, 0.15) is 0 Å². The van der Waals surface area contributed by atoms with Gasteiger partial charge in [0, 0.05) is 18.4 Å². The van der Waals surface area contributed by atoms with E-state index in [1.807, 2.05) is 0 Å². The normalized spacial score (nSPS) is 30.0. The summed E-state index contributed by atoms with van der Waals surface area (Å²) in [6.45, 7) is 1.51. The van der Waals surface area contributed by atoms with E-state index < -0.39 is 0 Å². The van der Waals surface area contributed by atoms with Crippen LogP contribution >= 0.6 is 11.6 Å². The summed E-state index contributed by atoms with van der Waals surface area (Å²) >= 11 is 5.48. The number of aliphatic hydroxyl groups excluding tert-OH is 1. The third kappa shape index (κ3) is 2.11. The standard InChI is InChI=1S/C7H13ClO2/c8-4-7(9)6-2-1-3-10-5-6/h6-7,9H,1-5H2. The lowest BCUT2D eigenvalue weighted by Gasteiger charge is -2.25. The largest absolute Gasteiger partial charge is 0.392 e. The predicted molar refractivity (Wildman–Crippen MR) is 40.3 cm³/mol. The van der Waals surface area contributed by atoms with E-state index >= 15 is 0 Å². The van der Waals surface area contributed by atoms with E-state index in [9.17, 15) is 5.11 Å². The second kappa shape index (κ2) is 4.16. The Balaban J connectivity index is 2.24. The molecule has 2 unspecified atom stereocenters. The highest BCUT2D eigenvalue weighted by atomic mass is 35.5.